The minimum atomic E-state index is -3.99. The minimum Gasteiger partial charge on any atom is -0.281 e. The van der Waals surface area contributed by atoms with Gasteiger partial charge in [-0.2, -0.15) is 8.42 Å². The third-order valence-corrected chi connectivity index (χ3v) is 4.13. The predicted octanol–water partition coefficient (Wildman–Crippen LogP) is 2.34. The van der Waals surface area contributed by atoms with Crippen LogP contribution in [0.2, 0.25) is 0 Å². The molecule has 1 rings (SSSR count). The number of rotatable bonds is 4. The molecule has 0 aliphatic rings. The lowest BCUT2D eigenvalue weighted by molar-refractivity contribution is 0.485. The van der Waals surface area contributed by atoms with E-state index in [-0.39, 0.29) is 4.21 Å². The first-order valence-electron chi connectivity index (χ1n) is 4.10. The fourth-order valence-electron chi connectivity index (χ4n) is 0.982. The molecule has 1 N–H and O–H groups in total. The van der Waals surface area contributed by atoms with Gasteiger partial charge in [0.25, 0.3) is 0 Å². The predicted molar refractivity (Wildman–Crippen MR) is 52.7 cm³/mol. The van der Waals surface area contributed by atoms with Crippen LogP contribution in [0.4, 0.5) is 0 Å². The molecule has 0 radical (unpaired) electrons. The smallest absolute Gasteiger partial charge is 0.281 e. The van der Waals surface area contributed by atoms with Crippen LogP contribution in [-0.2, 0) is 16.5 Å². The largest absolute Gasteiger partial charge is 0.304 e. The molecule has 0 saturated heterocycles. The molecule has 5 heteroatoms. The summed E-state index contributed by atoms with van der Waals surface area (Å²) in [6, 6.07) is 3.20. The van der Waals surface area contributed by atoms with Gasteiger partial charge in [-0.15, -0.1) is 11.3 Å². The molecule has 0 amide bonds. The summed E-state index contributed by atoms with van der Waals surface area (Å²) in [6.07, 6.45) is 3.02. The first kappa shape index (κ1) is 10.7. The number of aryl methyl sites for hydroxylation is 1. The quantitative estimate of drug-likeness (QED) is 0.792. The molecule has 0 aromatic carbocycles. The number of hydrogen-bond acceptors (Lipinski definition) is 3. The number of unbranched alkanes of at least 4 members (excludes halogenated alkanes) is 1. The Labute approximate surface area is 82.2 Å². The molecule has 0 unspecified atom stereocenters. The molecule has 0 aliphatic heterocycles. The van der Waals surface area contributed by atoms with E-state index in [0.717, 1.165) is 35.5 Å². The van der Waals surface area contributed by atoms with Crippen molar-refractivity contribution in [1.82, 2.24) is 0 Å². The second-order valence-corrected chi connectivity index (χ2v) is 5.62. The maximum atomic E-state index is 10.7. The molecule has 3 nitrogen and oxygen atoms in total. The van der Waals surface area contributed by atoms with Gasteiger partial charge in [-0.25, -0.2) is 0 Å². The highest BCUT2D eigenvalue weighted by molar-refractivity contribution is 7.88. The summed E-state index contributed by atoms with van der Waals surface area (Å²) in [6.45, 7) is 2.08. The maximum Gasteiger partial charge on any atom is 0.304 e. The summed E-state index contributed by atoms with van der Waals surface area (Å²) < 4.78 is 30.1. The first-order chi connectivity index (χ1) is 6.04. The Morgan fingerprint density at radius 3 is 2.62 bits per heavy atom. The molecule has 74 valence electrons. The van der Waals surface area contributed by atoms with E-state index in [1.54, 1.807) is 6.07 Å². The summed E-state index contributed by atoms with van der Waals surface area (Å²) in [5, 5.41) is 0. The van der Waals surface area contributed by atoms with Crippen LogP contribution in [0.3, 0.4) is 0 Å². The molecule has 1 aromatic heterocycles. The van der Waals surface area contributed by atoms with Crippen molar-refractivity contribution < 1.29 is 13.0 Å². The summed E-state index contributed by atoms with van der Waals surface area (Å²) >= 11 is 1.14. The Hall–Kier alpha value is -0.390. The van der Waals surface area contributed by atoms with Crippen molar-refractivity contribution in [2.75, 3.05) is 0 Å². The van der Waals surface area contributed by atoms with Gasteiger partial charge in [0.1, 0.15) is 4.21 Å². The molecular weight excluding hydrogens is 208 g/mol. The van der Waals surface area contributed by atoms with Crippen LogP contribution in [0.1, 0.15) is 24.6 Å². The van der Waals surface area contributed by atoms with Gasteiger partial charge in [0, 0.05) is 4.88 Å². The van der Waals surface area contributed by atoms with Crippen LogP contribution in [0, 0.1) is 0 Å². The highest BCUT2D eigenvalue weighted by atomic mass is 32.3. The molecule has 1 aromatic rings. The van der Waals surface area contributed by atoms with E-state index < -0.39 is 10.1 Å². The van der Waals surface area contributed by atoms with Crippen molar-refractivity contribution in [2.45, 2.75) is 30.4 Å². The van der Waals surface area contributed by atoms with E-state index in [9.17, 15) is 8.42 Å². The third-order valence-electron chi connectivity index (χ3n) is 1.67. The molecule has 0 spiro atoms. The number of thiophene rings is 1. The van der Waals surface area contributed by atoms with Gasteiger partial charge in [-0.3, -0.25) is 4.55 Å². The van der Waals surface area contributed by atoms with Crippen molar-refractivity contribution in [1.29, 1.82) is 0 Å². The molecule has 0 bridgehead atoms. The van der Waals surface area contributed by atoms with Crippen LogP contribution >= 0.6 is 11.3 Å². The average Bonchev–Trinajstić information content (AvgIpc) is 2.47. The Kier molecular flexibility index (Phi) is 3.47. The van der Waals surface area contributed by atoms with E-state index in [1.807, 2.05) is 0 Å². The molecule has 0 atom stereocenters. The van der Waals surface area contributed by atoms with Crippen LogP contribution in [0.15, 0.2) is 16.3 Å². The van der Waals surface area contributed by atoms with E-state index >= 15 is 0 Å². The summed E-state index contributed by atoms with van der Waals surface area (Å²) in [7, 11) is -3.99. The van der Waals surface area contributed by atoms with Crippen LogP contribution < -0.4 is 0 Å². The SMILES string of the molecule is CCCCc1ccc(S(=O)(=O)O)s1. The van der Waals surface area contributed by atoms with Gasteiger partial charge < -0.3 is 0 Å². The molecule has 0 aliphatic carbocycles. The Morgan fingerprint density at radius 2 is 2.15 bits per heavy atom. The maximum absolute atomic E-state index is 10.7. The monoisotopic (exact) mass is 220 g/mol. The molecule has 0 fully saturated rings. The second-order valence-electron chi connectivity index (χ2n) is 2.80. The third kappa shape index (κ3) is 3.10. The lowest BCUT2D eigenvalue weighted by atomic mass is 10.2. The fourth-order valence-corrected chi connectivity index (χ4v) is 2.74. The average molecular weight is 220 g/mol. The lowest BCUT2D eigenvalue weighted by Gasteiger charge is -1.92. The molecular formula is C8H12O3S2. The molecule has 1 heterocycles. The topological polar surface area (TPSA) is 54.4 Å². The zero-order valence-corrected chi connectivity index (χ0v) is 8.99. The molecule has 0 saturated carbocycles. The van der Waals surface area contributed by atoms with Crippen molar-refractivity contribution >= 4 is 21.5 Å². The Balaban J connectivity index is 2.76. The zero-order chi connectivity index (χ0) is 9.90. The highest BCUT2D eigenvalue weighted by Crippen LogP contribution is 2.22. The minimum absolute atomic E-state index is 0.0404. The zero-order valence-electron chi connectivity index (χ0n) is 7.36. The normalized spacial score (nSPS) is 11.8. The number of hydrogen-bond donors (Lipinski definition) is 1. The summed E-state index contributed by atoms with van der Waals surface area (Å²) in [5.74, 6) is 0. The van der Waals surface area contributed by atoms with E-state index in [2.05, 4.69) is 6.92 Å². The van der Waals surface area contributed by atoms with E-state index in [1.165, 1.54) is 6.07 Å². The molecule has 13 heavy (non-hydrogen) atoms. The summed E-state index contributed by atoms with van der Waals surface area (Å²) in [5.41, 5.74) is 0. The van der Waals surface area contributed by atoms with E-state index in [4.69, 9.17) is 4.55 Å². The Bertz CT molecular complexity index is 364. The van der Waals surface area contributed by atoms with Crippen molar-refractivity contribution in [3.63, 3.8) is 0 Å². The van der Waals surface area contributed by atoms with Gasteiger partial charge in [0.2, 0.25) is 0 Å². The summed E-state index contributed by atoms with van der Waals surface area (Å²) in [4.78, 5) is 1.01. The van der Waals surface area contributed by atoms with Crippen LogP contribution in [0.5, 0.6) is 0 Å². The first-order valence-corrected chi connectivity index (χ1v) is 6.36. The van der Waals surface area contributed by atoms with Gasteiger partial charge in [0.05, 0.1) is 0 Å². The van der Waals surface area contributed by atoms with E-state index in [0.29, 0.717) is 0 Å². The second kappa shape index (κ2) is 4.21. The van der Waals surface area contributed by atoms with Crippen LogP contribution in [-0.4, -0.2) is 13.0 Å². The van der Waals surface area contributed by atoms with Gasteiger partial charge in [-0.1, -0.05) is 13.3 Å². The van der Waals surface area contributed by atoms with Crippen molar-refractivity contribution in [2.24, 2.45) is 0 Å². The lowest BCUT2D eigenvalue weighted by Crippen LogP contribution is -1.93. The van der Waals surface area contributed by atoms with Gasteiger partial charge in [0.15, 0.2) is 0 Å². The van der Waals surface area contributed by atoms with Crippen LogP contribution in [0.25, 0.3) is 0 Å². The Morgan fingerprint density at radius 1 is 1.46 bits per heavy atom. The highest BCUT2D eigenvalue weighted by Gasteiger charge is 2.11. The fraction of sp³-hybridized carbons (Fsp3) is 0.500. The van der Waals surface area contributed by atoms with Gasteiger partial charge >= 0.3 is 10.1 Å². The van der Waals surface area contributed by atoms with Crippen molar-refractivity contribution in [3.05, 3.63) is 17.0 Å². The van der Waals surface area contributed by atoms with Gasteiger partial charge in [-0.05, 0) is 25.0 Å². The standard InChI is InChI=1S/C8H12O3S2/c1-2-3-4-7-5-6-8(12-7)13(9,10)11/h5-6H,2-4H2,1H3,(H,9,10,11). The van der Waals surface area contributed by atoms with Crippen molar-refractivity contribution in [3.8, 4) is 0 Å².